The Morgan fingerprint density at radius 1 is 1.19 bits per heavy atom. The van der Waals surface area contributed by atoms with Gasteiger partial charge in [0.1, 0.15) is 0 Å². The fraction of sp³-hybridized carbons (Fsp3) is 0.312. The van der Waals surface area contributed by atoms with Crippen LogP contribution >= 0.6 is 0 Å². The monoisotopic (exact) mass is 295 g/mol. The third kappa shape index (κ3) is 3.74. The summed E-state index contributed by atoms with van der Waals surface area (Å²) < 4.78 is 37.4. The van der Waals surface area contributed by atoms with Gasteiger partial charge >= 0.3 is 6.18 Å². The molecule has 1 amide bonds. The van der Waals surface area contributed by atoms with E-state index in [1.54, 1.807) is 0 Å². The van der Waals surface area contributed by atoms with E-state index in [2.05, 4.69) is 5.32 Å². The summed E-state index contributed by atoms with van der Waals surface area (Å²) in [6, 6.07) is 4.20. The number of halogens is 3. The lowest BCUT2D eigenvalue weighted by atomic mass is 9.93. The third-order valence-electron chi connectivity index (χ3n) is 3.44. The summed E-state index contributed by atoms with van der Waals surface area (Å²) in [6.07, 6.45) is 0.241. The van der Waals surface area contributed by atoms with Crippen LogP contribution in [0.3, 0.4) is 0 Å². The lowest BCUT2D eigenvalue weighted by molar-refractivity contribution is -0.137. The molecular formula is C16H16F3NO. The smallest absolute Gasteiger partial charge is 0.325 e. The summed E-state index contributed by atoms with van der Waals surface area (Å²) in [4.78, 5) is 12.0. The first-order chi connectivity index (χ1) is 9.77. The molecule has 0 saturated heterocycles. The van der Waals surface area contributed by atoms with Gasteiger partial charge < -0.3 is 5.32 Å². The molecule has 0 bridgehead atoms. The Hall–Kier alpha value is -2.04. The van der Waals surface area contributed by atoms with Crippen LogP contribution in [0.5, 0.6) is 0 Å². The van der Waals surface area contributed by atoms with Crippen LogP contribution in [0.4, 0.5) is 13.2 Å². The Bertz CT molecular complexity index is 597. The lowest BCUT2D eigenvalue weighted by Crippen LogP contribution is -2.27. The minimum Gasteiger partial charge on any atom is -0.325 e. The van der Waals surface area contributed by atoms with Gasteiger partial charge in [0.05, 0.1) is 5.56 Å². The van der Waals surface area contributed by atoms with Gasteiger partial charge in [0.2, 0.25) is 0 Å². The van der Waals surface area contributed by atoms with E-state index in [-0.39, 0.29) is 11.5 Å². The van der Waals surface area contributed by atoms with Gasteiger partial charge in [-0.1, -0.05) is 18.6 Å². The van der Waals surface area contributed by atoms with Crippen LogP contribution in [0.15, 0.2) is 47.7 Å². The van der Waals surface area contributed by atoms with E-state index < -0.39 is 17.6 Å². The number of hydrogen-bond donors (Lipinski definition) is 1. The number of amides is 1. The van der Waals surface area contributed by atoms with Crippen LogP contribution in [-0.2, 0) is 6.18 Å². The maximum atomic E-state index is 12.5. The zero-order chi connectivity index (χ0) is 15.6. The van der Waals surface area contributed by atoms with Crippen molar-refractivity contribution in [3.63, 3.8) is 0 Å². The van der Waals surface area contributed by atoms with Gasteiger partial charge in [-0.25, -0.2) is 0 Å². The molecule has 0 saturated carbocycles. The summed E-state index contributed by atoms with van der Waals surface area (Å²) >= 11 is 0. The number of nitrogens with one attached hydrogen (secondary N) is 1. The Labute approximate surface area is 121 Å². The van der Waals surface area contributed by atoms with E-state index in [0.29, 0.717) is 0 Å². The summed E-state index contributed by atoms with van der Waals surface area (Å²) in [5, 5.41) is 2.76. The minimum atomic E-state index is -4.39. The Morgan fingerprint density at radius 2 is 1.81 bits per heavy atom. The first-order valence-corrected chi connectivity index (χ1v) is 6.63. The summed E-state index contributed by atoms with van der Waals surface area (Å²) in [7, 11) is 0. The number of carbonyl (C=O) groups is 1. The van der Waals surface area contributed by atoms with Crippen molar-refractivity contribution in [3.05, 3.63) is 58.8 Å². The molecule has 1 aliphatic carbocycles. The molecule has 1 aromatic rings. The van der Waals surface area contributed by atoms with E-state index in [1.165, 1.54) is 17.7 Å². The predicted octanol–water partition coefficient (Wildman–Crippen LogP) is 4.31. The van der Waals surface area contributed by atoms with Gasteiger partial charge in [0.15, 0.2) is 0 Å². The molecule has 0 spiro atoms. The van der Waals surface area contributed by atoms with Crippen LogP contribution in [0.25, 0.3) is 0 Å². The number of hydrogen-bond acceptors (Lipinski definition) is 1. The zero-order valence-electron chi connectivity index (χ0n) is 11.8. The van der Waals surface area contributed by atoms with E-state index >= 15 is 0 Å². The molecule has 21 heavy (non-hydrogen) atoms. The SMILES string of the molecule is CC1=CC=C(NC(=O)c2ccc(C(F)(F)F)cc2)C(C)C1. The molecule has 1 unspecified atom stereocenters. The van der Waals surface area contributed by atoms with Gasteiger partial charge in [0.25, 0.3) is 5.91 Å². The molecule has 1 N–H and O–H groups in total. The van der Waals surface area contributed by atoms with Gasteiger partial charge in [0, 0.05) is 11.3 Å². The van der Waals surface area contributed by atoms with Crippen LogP contribution in [0.1, 0.15) is 36.2 Å². The van der Waals surface area contributed by atoms with Crippen molar-refractivity contribution in [1.29, 1.82) is 0 Å². The van der Waals surface area contributed by atoms with Gasteiger partial charge in [-0.15, -0.1) is 0 Å². The van der Waals surface area contributed by atoms with Crippen molar-refractivity contribution in [1.82, 2.24) is 5.32 Å². The number of rotatable bonds is 2. The molecule has 2 nitrogen and oxygen atoms in total. The van der Waals surface area contributed by atoms with Crippen molar-refractivity contribution in [2.45, 2.75) is 26.4 Å². The second-order valence-corrected chi connectivity index (χ2v) is 5.27. The van der Waals surface area contributed by atoms with Crippen LogP contribution in [0.2, 0.25) is 0 Å². The normalized spacial score (nSPS) is 18.8. The van der Waals surface area contributed by atoms with Crippen LogP contribution in [-0.4, -0.2) is 5.91 Å². The molecule has 0 heterocycles. The van der Waals surface area contributed by atoms with Crippen LogP contribution in [0, 0.1) is 5.92 Å². The second-order valence-electron chi connectivity index (χ2n) is 5.27. The Kier molecular flexibility index (Phi) is 4.21. The highest BCUT2D eigenvalue weighted by molar-refractivity contribution is 5.95. The molecule has 1 atom stereocenters. The van der Waals surface area contributed by atoms with E-state index in [1.807, 2.05) is 26.0 Å². The quantitative estimate of drug-likeness (QED) is 0.865. The third-order valence-corrected chi connectivity index (χ3v) is 3.44. The highest BCUT2D eigenvalue weighted by atomic mass is 19.4. The molecule has 0 radical (unpaired) electrons. The fourth-order valence-electron chi connectivity index (χ4n) is 2.24. The van der Waals surface area contributed by atoms with Crippen molar-refractivity contribution in [2.24, 2.45) is 5.92 Å². The number of alkyl halides is 3. The number of carbonyl (C=O) groups excluding carboxylic acids is 1. The largest absolute Gasteiger partial charge is 0.416 e. The number of allylic oxidation sites excluding steroid dienone is 4. The van der Waals surface area contributed by atoms with E-state index in [9.17, 15) is 18.0 Å². The first-order valence-electron chi connectivity index (χ1n) is 6.63. The summed E-state index contributed by atoms with van der Waals surface area (Å²) in [5.41, 5.74) is 1.46. The average Bonchev–Trinajstić information content (AvgIpc) is 2.41. The van der Waals surface area contributed by atoms with E-state index in [0.717, 1.165) is 24.3 Å². The molecule has 0 aromatic heterocycles. The molecule has 1 aromatic carbocycles. The van der Waals surface area contributed by atoms with Gasteiger partial charge in [-0.05, 0) is 49.6 Å². The molecule has 112 valence electrons. The highest BCUT2D eigenvalue weighted by Crippen LogP contribution is 2.29. The predicted molar refractivity (Wildman–Crippen MR) is 74.5 cm³/mol. The zero-order valence-corrected chi connectivity index (χ0v) is 11.8. The molecule has 0 aliphatic heterocycles. The summed E-state index contributed by atoms with van der Waals surface area (Å²) in [6.45, 7) is 4.01. The maximum absolute atomic E-state index is 12.5. The van der Waals surface area contributed by atoms with Crippen molar-refractivity contribution < 1.29 is 18.0 Å². The van der Waals surface area contributed by atoms with Crippen molar-refractivity contribution >= 4 is 5.91 Å². The fourth-order valence-corrected chi connectivity index (χ4v) is 2.24. The molecule has 5 heteroatoms. The average molecular weight is 295 g/mol. The highest BCUT2D eigenvalue weighted by Gasteiger charge is 2.30. The Balaban J connectivity index is 2.11. The van der Waals surface area contributed by atoms with Gasteiger partial charge in [-0.3, -0.25) is 4.79 Å². The number of benzene rings is 1. The molecule has 2 rings (SSSR count). The minimum absolute atomic E-state index is 0.188. The molecule has 0 fully saturated rings. The van der Waals surface area contributed by atoms with Crippen LogP contribution < -0.4 is 5.32 Å². The summed E-state index contributed by atoms with van der Waals surface area (Å²) in [5.74, 6) is -0.205. The van der Waals surface area contributed by atoms with Crippen molar-refractivity contribution in [3.8, 4) is 0 Å². The van der Waals surface area contributed by atoms with Crippen molar-refractivity contribution in [2.75, 3.05) is 0 Å². The lowest BCUT2D eigenvalue weighted by Gasteiger charge is -2.20. The standard InChI is InChI=1S/C16H16F3NO/c1-10-3-8-14(11(2)9-10)20-15(21)12-4-6-13(7-5-12)16(17,18)19/h3-8,11H,9H2,1-2H3,(H,20,21). The topological polar surface area (TPSA) is 29.1 Å². The maximum Gasteiger partial charge on any atom is 0.416 e. The first kappa shape index (κ1) is 15.4. The van der Waals surface area contributed by atoms with E-state index in [4.69, 9.17) is 0 Å². The molecule has 1 aliphatic rings. The second kappa shape index (κ2) is 5.76. The molecular weight excluding hydrogens is 279 g/mol. The van der Waals surface area contributed by atoms with Gasteiger partial charge in [-0.2, -0.15) is 13.2 Å². The Morgan fingerprint density at radius 3 is 2.33 bits per heavy atom.